The van der Waals surface area contributed by atoms with Crippen molar-refractivity contribution in [2.45, 2.75) is 257 Å². The molecule has 1 amide bonds. The normalized spacial score (nSPS) is 13.0. The summed E-state index contributed by atoms with van der Waals surface area (Å²) in [6.45, 7) is 4.81. The summed E-state index contributed by atoms with van der Waals surface area (Å²) in [5.74, 6) is -0.107. The molecule has 0 bridgehead atoms. The van der Waals surface area contributed by atoms with Crippen molar-refractivity contribution in [2.24, 2.45) is 0 Å². The van der Waals surface area contributed by atoms with Crippen LogP contribution in [0.5, 0.6) is 0 Å². The van der Waals surface area contributed by atoms with Gasteiger partial charge in [-0.05, 0) is 64.2 Å². The number of amides is 1. The highest BCUT2D eigenvalue weighted by atomic mass is 16.5. The summed E-state index contributed by atoms with van der Waals surface area (Å²) >= 11 is 0. The monoisotopic (exact) mass is 788 g/mol. The van der Waals surface area contributed by atoms with Gasteiger partial charge in [-0.1, -0.05) is 204 Å². The molecule has 0 saturated heterocycles. The average molecular weight is 788 g/mol. The van der Waals surface area contributed by atoms with Gasteiger partial charge in [-0.2, -0.15) is 0 Å². The lowest BCUT2D eigenvalue weighted by molar-refractivity contribution is -0.143. The number of nitrogens with one attached hydrogen (secondary N) is 1. The van der Waals surface area contributed by atoms with Crippen LogP contribution >= 0.6 is 0 Å². The smallest absolute Gasteiger partial charge is 0.305 e. The number of hydrogen-bond acceptors (Lipinski definition) is 5. The third-order valence-electron chi connectivity index (χ3n) is 10.9. The van der Waals surface area contributed by atoms with Crippen LogP contribution in [-0.4, -0.2) is 47.4 Å². The first-order chi connectivity index (χ1) is 27.5. The Bertz CT molecular complexity index is 915. The molecular formula is C50H93NO5. The molecule has 6 heteroatoms. The summed E-state index contributed by atoms with van der Waals surface area (Å²) in [6, 6.07) is -0.638. The predicted octanol–water partition coefficient (Wildman–Crippen LogP) is 14.1. The minimum atomic E-state index is -0.853. The molecule has 56 heavy (non-hydrogen) atoms. The van der Waals surface area contributed by atoms with Crippen molar-refractivity contribution in [3.8, 4) is 0 Å². The second-order valence-corrected chi connectivity index (χ2v) is 16.4. The topological polar surface area (TPSA) is 95.9 Å². The van der Waals surface area contributed by atoms with E-state index in [1.54, 1.807) is 6.08 Å². The maximum absolute atomic E-state index is 12.4. The number of carbonyl (C=O) groups is 2. The van der Waals surface area contributed by atoms with Crippen molar-refractivity contribution < 1.29 is 24.5 Å². The van der Waals surface area contributed by atoms with E-state index in [1.807, 2.05) is 6.08 Å². The van der Waals surface area contributed by atoms with E-state index in [9.17, 15) is 19.8 Å². The van der Waals surface area contributed by atoms with Crippen LogP contribution in [0.15, 0.2) is 36.5 Å². The summed E-state index contributed by atoms with van der Waals surface area (Å²) in [7, 11) is 0. The molecule has 0 spiro atoms. The zero-order chi connectivity index (χ0) is 40.8. The van der Waals surface area contributed by atoms with Crippen LogP contribution in [0.1, 0.15) is 245 Å². The lowest BCUT2D eigenvalue weighted by Gasteiger charge is -2.20. The summed E-state index contributed by atoms with van der Waals surface area (Å²) < 4.78 is 5.46. The van der Waals surface area contributed by atoms with Crippen LogP contribution in [0, 0.1) is 0 Å². The van der Waals surface area contributed by atoms with Gasteiger partial charge in [0.1, 0.15) is 0 Å². The highest BCUT2D eigenvalue weighted by Crippen LogP contribution is 2.15. The fourth-order valence-electron chi connectivity index (χ4n) is 7.13. The predicted molar refractivity (Wildman–Crippen MR) is 241 cm³/mol. The minimum absolute atomic E-state index is 0.0197. The van der Waals surface area contributed by atoms with E-state index in [2.05, 4.69) is 43.5 Å². The van der Waals surface area contributed by atoms with Crippen molar-refractivity contribution in [1.29, 1.82) is 0 Å². The number of aliphatic hydroxyl groups is 2. The summed E-state index contributed by atoms with van der Waals surface area (Å²) in [4.78, 5) is 24.4. The third kappa shape index (κ3) is 41.7. The molecule has 3 N–H and O–H groups in total. The second-order valence-electron chi connectivity index (χ2n) is 16.4. The number of allylic oxidation sites excluding steroid dienone is 5. The van der Waals surface area contributed by atoms with Crippen molar-refractivity contribution in [2.75, 3.05) is 13.2 Å². The molecule has 0 aliphatic rings. The number of hydrogen-bond donors (Lipinski definition) is 3. The molecule has 0 fully saturated rings. The van der Waals surface area contributed by atoms with Gasteiger partial charge < -0.3 is 20.3 Å². The number of unbranched alkanes of at least 4 members (excludes halogenated alkanes) is 29. The number of esters is 1. The Balaban J connectivity index is 3.47. The van der Waals surface area contributed by atoms with Gasteiger partial charge in [0, 0.05) is 12.8 Å². The maximum atomic E-state index is 12.4. The Morgan fingerprint density at radius 1 is 0.500 bits per heavy atom. The molecule has 0 aromatic rings. The van der Waals surface area contributed by atoms with Crippen molar-refractivity contribution >= 4 is 11.9 Å². The molecule has 0 radical (unpaired) electrons. The summed E-state index contributed by atoms with van der Waals surface area (Å²) in [5, 5.41) is 22.9. The second kappa shape index (κ2) is 45.8. The van der Waals surface area contributed by atoms with Gasteiger partial charge in [0.15, 0.2) is 0 Å². The van der Waals surface area contributed by atoms with Crippen LogP contribution in [0.3, 0.4) is 0 Å². The number of rotatable bonds is 44. The van der Waals surface area contributed by atoms with E-state index in [-0.39, 0.29) is 18.5 Å². The Morgan fingerprint density at radius 3 is 1.39 bits per heavy atom. The van der Waals surface area contributed by atoms with Crippen molar-refractivity contribution in [1.82, 2.24) is 5.32 Å². The van der Waals surface area contributed by atoms with Crippen LogP contribution in [0.2, 0.25) is 0 Å². The molecule has 6 nitrogen and oxygen atoms in total. The first kappa shape index (κ1) is 54.1. The fourth-order valence-corrected chi connectivity index (χ4v) is 7.13. The molecule has 0 heterocycles. The first-order valence-corrected chi connectivity index (χ1v) is 24.3. The van der Waals surface area contributed by atoms with Gasteiger partial charge >= 0.3 is 5.97 Å². The van der Waals surface area contributed by atoms with Crippen LogP contribution < -0.4 is 5.32 Å². The van der Waals surface area contributed by atoms with Crippen LogP contribution in [0.4, 0.5) is 0 Å². The van der Waals surface area contributed by atoms with Gasteiger partial charge in [-0.3, -0.25) is 9.59 Å². The van der Waals surface area contributed by atoms with E-state index in [1.165, 1.54) is 154 Å². The van der Waals surface area contributed by atoms with Gasteiger partial charge in [0.2, 0.25) is 5.91 Å². The molecule has 0 aromatic heterocycles. The van der Waals surface area contributed by atoms with E-state index in [0.29, 0.717) is 19.4 Å². The molecule has 0 aromatic carbocycles. The zero-order valence-electron chi connectivity index (χ0n) is 37.1. The summed E-state index contributed by atoms with van der Waals surface area (Å²) in [6.07, 6.45) is 54.2. The number of aliphatic hydroxyl groups excluding tert-OH is 2. The maximum Gasteiger partial charge on any atom is 0.305 e. The van der Waals surface area contributed by atoms with Crippen molar-refractivity contribution in [3.63, 3.8) is 0 Å². The van der Waals surface area contributed by atoms with Gasteiger partial charge in [-0.15, -0.1) is 0 Å². The molecule has 2 atom stereocenters. The standard InChI is InChI=1S/C50H93NO5/c1-3-5-7-9-11-13-15-16-17-18-19-20-24-28-32-36-40-44-50(55)56-45-41-37-33-29-25-22-21-23-27-31-35-39-43-49(54)51-47(46-52)48(53)42-38-34-30-26-14-12-10-8-6-4-2/h11,13,16-17,38,42,47-48,52-53H,3-10,12,14-15,18-37,39-41,43-46H2,1-2H3,(H,51,54)/b13-11-,17-16-,42-38+. The largest absolute Gasteiger partial charge is 0.466 e. The van der Waals surface area contributed by atoms with Gasteiger partial charge in [-0.25, -0.2) is 0 Å². The minimum Gasteiger partial charge on any atom is -0.466 e. The molecule has 0 saturated carbocycles. The molecule has 0 rings (SSSR count). The Hall–Kier alpha value is -1.92. The number of ether oxygens (including phenoxy) is 1. The number of carbonyl (C=O) groups excluding carboxylic acids is 2. The van der Waals surface area contributed by atoms with Crippen LogP contribution in [0.25, 0.3) is 0 Å². The molecule has 328 valence electrons. The summed E-state index contributed by atoms with van der Waals surface area (Å²) in [5.41, 5.74) is 0. The Kier molecular flexibility index (Phi) is 44.2. The zero-order valence-corrected chi connectivity index (χ0v) is 37.1. The first-order valence-electron chi connectivity index (χ1n) is 24.3. The molecular weight excluding hydrogens is 695 g/mol. The van der Waals surface area contributed by atoms with E-state index in [4.69, 9.17) is 4.74 Å². The molecule has 0 aliphatic carbocycles. The van der Waals surface area contributed by atoms with Crippen molar-refractivity contribution in [3.05, 3.63) is 36.5 Å². The fraction of sp³-hybridized carbons (Fsp3) is 0.840. The molecule has 2 unspecified atom stereocenters. The van der Waals surface area contributed by atoms with E-state index >= 15 is 0 Å². The van der Waals surface area contributed by atoms with Crippen LogP contribution in [-0.2, 0) is 14.3 Å². The SMILES string of the molecule is CCCCC/C=C\C/C=C\CCCCCCCCCC(=O)OCCCCCCCCCCCCCCC(=O)NC(CO)C(O)/C=C/CCCCCCCCCC. The lowest BCUT2D eigenvalue weighted by atomic mass is 10.0. The molecule has 0 aliphatic heterocycles. The van der Waals surface area contributed by atoms with Gasteiger partial charge in [0.25, 0.3) is 0 Å². The van der Waals surface area contributed by atoms with E-state index in [0.717, 1.165) is 64.2 Å². The highest BCUT2D eigenvalue weighted by molar-refractivity contribution is 5.76. The van der Waals surface area contributed by atoms with E-state index < -0.39 is 12.1 Å². The average Bonchev–Trinajstić information content (AvgIpc) is 3.20. The highest BCUT2D eigenvalue weighted by Gasteiger charge is 2.18. The van der Waals surface area contributed by atoms with Gasteiger partial charge in [0.05, 0.1) is 25.4 Å². The third-order valence-corrected chi connectivity index (χ3v) is 10.9. The quantitative estimate of drug-likeness (QED) is 0.0325. The lowest BCUT2D eigenvalue weighted by Crippen LogP contribution is -2.45. The Labute approximate surface area is 347 Å². The Morgan fingerprint density at radius 2 is 0.893 bits per heavy atom.